The molecule has 3 heteroatoms. The number of aliphatic imine (C=N–C) groups is 1. The predicted octanol–water partition coefficient (Wildman–Crippen LogP) is 2.66. The third-order valence-corrected chi connectivity index (χ3v) is 3.14. The van der Waals surface area contributed by atoms with Crippen LogP contribution in [0.5, 0.6) is 0 Å². The van der Waals surface area contributed by atoms with E-state index >= 15 is 0 Å². The van der Waals surface area contributed by atoms with Gasteiger partial charge in [-0.15, -0.1) is 0 Å². The van der Waals surface area contributed by atoms with Gasteiger partial charge in [0.25, 0.3) is 0 Å². The van der Waals surface area contributed by atoms with Crippen LogP contribution in [0.15, 0.2) is 59.7 Å². The zero-order valence-electron chi connectivity index (χ0n) is 10.7. The van der Waals surface area contributed by atoms with Crippen molar-refractivity contribution in [3.63, 3.8) is 0 Å². The van der Waals surface area contributed by atoms with Crippen LogP contribution in [0, 0.1) is 0 Å². The number of hydrogen-bond acceptors (Lipinski definition) is 3. The summed E-state index contributed by atoms with van der Waals surface area (Å²) in [6.07, 6.45) is 3.42. The Morgan fingerprint density at radius 2 is 1.89 bits per heavy atom. The first-order chi connectivity index (χ1) is 9.40. The molecule has 0 N–H and O–H groups in total. The molecule has 2 heterocycles. The van der Waals surface area contributed by atoms with Crippen LogP contribution in [0.3, 0.4) is 0 Å². The van der Waals surface area contributed by atoms with E-state index in [1.165, 1.54) is 5.56 Å². The van der Waals surface area contributed by atoms with Crippen molar-refractivity contribution in [3.8, 4) is 0 Å². The van der Waals surface area contributed by atoms with Gasteiger partial charge in [0.15, 0.2) is 5.90 Å². The van der Waals surface area contributed by atoms with Gasteiger partial charge in [0.1, 0.15) is 6.61 Å². The lowest BCUT2D eigenvalue weighted by Crippen LogP contribution is -2.09. The van der Waals surface area contributed by atoms with Crippen LogP contribution in [0.4, 0.5) is 0 Å². The third kappa shape index (κ3) is 3.19. The molecule has 0 spiro atoms. The summed E-state index contributed by atoms with van der Waals surface area (Å²) in [7, 11) is 0. The van der Waals surface area contributed by atoms with Gasteiger partial charge in [-0.2, -0.15) is 0 Å². The van der Waals surface area contributed by atoms with Gasteiger partial charge in [-0.3, -0.25) is 4.98 Å². The highest BCUT2D eigenvalue weighted by Crippen LogP contribution is 2.13. The summed E-state index contributed by atoms with van der Waals surface area (Å²) in [5, 5.41) is 0. The molecule has 0 aliphatic carbocycles. The molecule has 96 valence electrons. The Kier molecular flexibility index (Phi) is 3.54. The zero-order valence-corrected chi connectivity index (χ0v) is 10.7. The summed E-state index contributed by atoms with van der Waals surface area (Å²) >= 11 is 0. The summed E-state index contributed by atoms with van der Waals surface area (Å²) in [5.41, 5.74) is 2.31. The molecule has 19 heavy (non-hydrogen) atoms. The van der Waals surface area contributed by atoms with Gasteiger partial charge in [0.2, 0.25) is 0 Å². The van der Waals surface area contributed by atoms with E-state index in [0.717, 1.165) is 18.0 Å². The SMILES string of the molecule is c1ccc(C[C@@H]2COC(Cc3ccccn3)=N2)cc1. The first kappa shape index (κ1) is 11.9. The lowest BCUT2D eigenvalue weighted by molar-refractivity contribution is 0.311. The maximum absolute atomic E-state index is 5.65. The number of benzene rings is 1. The topological polar surface area (TPSA) is 34.5 Å². The highest BCUT2D eigenvalue weighted by Gasteiger charge is 2.19. The first-order valence-electron chi connectivity index (χ1n) is 6.53. The van der Waals surface area contributed by atoms with E-state index in [9.17, 15) is 0 Å². The van der Waals surface area contributed by atoms with Crippen LogP contribution in [0.25, 0.3) is 0 Å². The van der Waals surface area contributed by atoms with Crippen LogP contribution in [0.1, 0.15) is 11.3 Å². The molecule has 0 saturated heterocycles. The van der Waals surface area contributed by atoms with Crippen molar-refractivity contribution in [2.75, 3.05) is 6.61 Å². The van der Waals surface area contributed by atoms with Gasteiger partial charge in [-0.25, -0.2) is 4.99 Å². The number of aromatic nitrogens is 1. The molecule has 0 saturated carbocycles. The minimum Gasteiger partial charge on any atom is -0.478 e. The number of nitrogens with zero attached hydrogens (tertiary/aromatic N) is 2. The van der Waals surface area contributed by atoms with Gasteiger partial charge in [0, 0.05) is 11.9 Å². The van der Waals surface area contributed by atoms with E-state index in [2.05, 4.69) is 34.2 Å². The van der Waals surface area contributed by atoms with E-state index < -0.39 is 0 Å². The highest BCUT2D eigenvalue weighted by atomic mass is 16.5. The zero-order chi connectivity index (χ0) is 12.9. The van der Waals surface area contributed by atoms with Crippen LogP contribution in [-0.4, -0.2) is 23.5 Å². The van der Waals surface area contributed by atoms with Gasteiger partial charge in [-0.1, -0.05) is 36.4 Å². The lowest BCUT2D eigenvalue weighted by atomic mass is 10.1. The highest BCUT2D eigenvalue weighted by molar-refractivity contribution is 5.79. The minimum atomic E-state index is 0.237. The molecule has 1 aliphatic heterocycles. The number of hydrogen-bond donors (Lipinski definition) is 0. The fourth-order valence-corrected chi connectivity index (χ4v) is 2.22. The average molecular weight is 252 g/mol. The molecule has 1 atom stereocenters. The summed E-state index contributed by atoms with van der Waals surface area (Å²) in [6.45, 7) is 0.678. The van der Waals surface area contributed by atoms with Crippen molar-refractivity contribution in [1.82, 2.24) is 4.98 Å². The molecular weight excluding hydrogens is 236 g/mol. The van der Waals surface area contributed by atoms with Crippen LogP contribution < -0.4 is 0 Å². The van der Waals surface area contributed by atoms with Crippen LogP contribution in [0.2, 0.25) is 0 Å². The third-order valence-electron chi connectivity index (χ3n) is 3.14. The Bertz CT molecular complexity index is 551. The minimum absolute atomic E-state index is 0.237. The fraction of sp³-hybridized carbons (Fsp3) is 0.250. The second kappa shape index (κ2) is 5.65. The molecule has 3 nitrogen and oxygen atoms in total. The molecule has 3 rings (SSSR count). The maximum atomic E-state index is 5.65. The lowest BCUT2D eigenvalue weighted by Gasteiger charge is -2.04. The normalized spacial score (nSPS) is 17.9. The van der Waals surface area contributed by atoms with E-state index in [1.807, 2.05) is 24.3 Å². The van der Waals surface area contributed by atoms with Crippen molar-refractivity contribution in [1.29, 1.82) is 0 Å². The Labute approximate surface area is 113 Å². The standard InChI is InChI=1S/C16H16N2O/c1-2-6-13(7-3-1)10-15-12-19-16(18-15)11-14-8-4-5-9-17-14/h1-9,15H,10-12H2/t15-/m1/s1. The molecule has 0 radical (unpaired) electrons. The van der Waals surface area contributed by atoms with Crippen molar-refractivity contribution in [3.05, 3.63) is 66.0 Å². The van der Waals surface area contributed by atoms with Crippen molar-refractivity contribution in [2.45, 2.75) is 18.9 Å². The van der Waals surface area contributed by atoms with E-state index in [1.54, 1.807) is 6.20 Å². The summed E-state index contributed by atoms with van der Waals surface area (Å²) in [6, 6.07) is 16.5. The molecule has 0 fully saturated rings. The first-order valence-corrected chi connectivity index (χ1v) is 6.53. The predicted molar refractivity (Wildman–Crippen MR) is 75.3 cm³/mol. The van der Waals surface area contributed by atoms with Gasteiger partial charge >= 0.3 is 0 Å². The van der Waals surface area contributed by atoms with Gasteiger partial charge < -0.3 is 4.74 Å². The quantitative estimate of drug-likeness (QED) is 0.838. The van der Waals surface area contributed by atoms with E-state index in [-0.39, 0.29) is 6.04 Å². The van der Waals surface area contributed by atoms with Crippen LogP contribution >= 0.6 is 0 Å². The second-order valence-corrected chi connectivity index (χ2v) is 4.68. The van der Waals surface area contributed by atoms with Gasteiger partial charge in [0.05, 0.1) is 12.5 Å². The average Bonchev–Trinajstić information content (AvgIpc) is 2.88. The fourth-order valence-electron chi connectivity index (χ4n) is 2.22. The van der Waals surface area contributed by atoms with E-state index in [0.29, 0.717) is 13.0 Å². The largest absolute Gasteiger partial charge is 0.478 e. The van der Waals surface area contributed by atoms with Crippen molar-refractivity contribution >= 4 is 5.90 Å². The summed E-state index contributed by atoms with van der Waals surface area (Å²) in [4.78, 5) is 8.92. The number of pyridine rings is 1. The Balaban J connectivity index is 1.62. The number of rotatable bonds is 4. The molecule has 1 aromatic heterocycles. The van der Waals surface area contributed by atoms with Crippen molar-refractivity contribution in [2.24, 2.45) is 4.99 Å². The molecule has 2 aromatic rings. The monoisotopic (exact) mass is 252 g/mol. The molecule has 1 aromatic carbocycles. The molecule has 0 bridgehead atoms. The Morgan fingerprint density at radius 3 is 2.68 bits per heavy atom. The summed E-state index contributed by atoms with van der Waals surface area (Å²) < 4.78 is 5.65. The Hall–Kier alpha value is -2.16. The van der Waals surface area contributed by atoms with Gasteiger partial charge in [-0.05, 0) is 24.1 Å². The van der Waals surface area contributed by atoms with Crippen molar-refractivity contribution < 1.29 is 4.74 Å². The number of ether oxygens (including phenoxy) is 1. The summed E-state index contributed by atoms with van der Waals surface area (Å²) in [5.74, 6) is 0.805. The molecule has 0 unspecified atom stereocenters. The Morgan fingerprint density at radius 1 is 1.05 bits per heavy atom. The van der Waals surface area contributed by atoms with Crippen LogP contribution in [-0.2, 0) is 17.6 Å². The molecule has 0 amide bonds. The molecule has 1 aliphatic rings. The maximum Gasteiger partial charge on any atom is 0.189 e. The smallest absolute Gasteiger partial charge is 0.189 e. The molecular formula is C16H16N2O. The second-order valence-electron chi connectivity index (χ2n) is 4.68. The van der Waals surface area contributed by atoms with E-state index in [4.69, 9.17) is 4.74 Å².